The van der Waals surface area contributed by atoms with Crippen LogP contribution in [0.15, 0.2) is 23.8 Å². The summed E-state index contributed by atoms with van der Waals surface area (Å²) < 4.78 is 38.5. The first-order chi connectivity index (χ1) is 18.8. The van der Waals surface area contributed by atoms with Gasteiger partial charge in [0.15, 0.2) is 23.7 Å². The van der Waals surface area contributed by atoms with E-state index in [-0.39, 0.29) is 25.4 Å². The third-order valence-corrected chi connectivity index (χ3v) is 10.1. The molecule has 222 valence electrons. The molecule has 40 heavy (non-hydrogen) atoms. The number of ether oxygens (including phenoxy) is 4. The fraction of sp³-hybridized carbons (Fsp3) is 0.733. The first kappa shape index (κ1) is 30.2. The summed E-state index contributed by atoms with van der Waals surface area (Å²) in [5.74, 6) is -2.63. The van der Waals surface area contributed by atoms with Crippen LogP contribution >= 0.6 is 0 Å². The van der Waals surface area contributed by atoms with Gasteiger partial charge in [0.25, 0.3) is 0 Å². The van der Waals surface area contributed by atoms with Crippen molar-refractivity contribution in [1.29, 1.82) is 0 Å². The molecule has 0 bridgehead atoms. The van der Waals surface area contributed by atoms with Crippen molar-refractivity contribution >= 4 is 23.9 Å². The molecule has 0 amide bonds. The molecule has 3 saturated carbocycles. The molecule has 8 atom stereocenters. The molecule has 0 radical (unpaired) electrons. The standard InChI is InChI=1S/C30H41FO9/c1-6-8-13-38-25(35)39-17-24(34)30(40-26(36)37-7-2)18(3)14-22-21-10-9-19-15-20(32)11-12-27(19,4)29(21,31)23(33)16-28(22,30)5/h11-12,15,18,21-23,33H,6-10,13-14,16-17H2,1-5H3/t18-,21+,22+,23+,27+,28+,29+,30+/m1/s1. The third kappa shape index (κ3) is 4.37. The van der Waals surface area contributed by atoms with Gasteiger partial charge in [0.05, 0.1) is 19.3 Å². The van der Waals surface area contributed by atoms with E-state index in [1.165, 1.54) is 12.2 Å². The fourth-order valence-electron chi connectivity index (χ4n) is 8.25. The van der Waals surface area contributed by atoms with Gasteiger partial charge in [0.2, 0.25) is 5.78 Å². The number of halogens is 1. The number of hydrogen-bond acceptors (Lipinski definition) is 9. The highest BCUT2D eigenvalue weighted by Crippen LogP contribution is 2.71. The Morgan fingerprint density at radius 2 is 1.82 bits per heavy atom. The predicted octanol–water partition coefficient (Wildman–Crippen LogP) is 5.04. The summed E-state index contributed by atoms with van der Waals surface area (Å²) >= 11 is 0. The highest BCUT2D eigenvalue weighted by atomic mass is 19.1. The molecule has 0 aromatic carbocycles. The molecule has 9 nitrogen and oxygen atoms in total. The van der Waals surface area contributed by atoms with E-state index >= 15 is 4.39 Å². The van der Waals surface area contributed by atoms with Crippen molar-refractivity contribution in [1.82, 2.24) is 0 Å². The molecule has 10 heteroatoms. The van der Waals surface area contributed by atoms with Crippen LogP contribution in [0.2, 0.25) is 0 Å². The van der Waals surface area contributed by atoms with Gasteiger partial charge in [-0.2, -0.15) is 0 Å². The van der Waals surface area contributed by atoms with Crippen molar-refractivity contribution in [3.05, 3.63) is 23.8 Å². The van der Waals surface area contributed by atoms with Crippen molar-refractivity contribution in [3.8, 4) is 0 Å². The second kappa shape index (κ2) is 10.9. The summed E-state index contributed by atoms with van der Waals surface area (Å²) in [5.41, 5.74) is -5.70. The van der Waals surface area contributed by atoms with Crippen LogP contribution < -0.4 is 0 Å². The van der Waals surface area contributed by atoms with Crippen LogP contribution in [-0.2, 0) is 28.5 Å². The topological polar surface area (TPSA) is 125 Å². The molecule has 0 saturated heterocycles. The molecule has 0 heterocycles. The largest absolute Gasteiger partial charge is 0.509 e. The lowest BCUT2D eigenvalue weighted by atomic mass is 9.44. The second-order valence-electron chi connectivity index (χ2n) is 12.1. The number of allylic oxidation sites excluding steroid dienone is 4. The van der Waals surface area contributed by atoms with E-state index in [1.807, 2.05) is 6.92 Å². The minimum atomic E-state index is -2.11. The molecule has 0 aromatic rings. The van der Waals surface area contributed by atoms with Crippen molar-refractivity contribution in [2.45, 2.75) is 90.5 Å². The zero-order chi connectivity index (χ0) is 29.5. The van der Waals surface area contributed by atoms with Crippen LogP contribution in [0, 0.1) is 28.6 Å². The normalized spacial score (nSPS) is 39.8. The number of carbonyl (C=O) groups is 4. The molecule has 0 aliphatic heterocycles. The number of aliphatic hydroxyl groups is 1. The predicted molar refractivity (Wildman–Crippen MR) is 141 cm³/mol. The number of fused-ring (bicyclic) bond motifs is 5. The number of unbranched alkanes of at least 4 members (excludes halogenated alkanes) is 1. The van der Waals surface area contributed by atoms with Crippen molar-refractivity contribution in [2.75, 3.05) is 19.8 Å². The van der Waals surface area contributed by atoms with E-state index in [0.717, 1.165) is 6.42 Å². The van der Waals surface area contributed by atoms with Gasteiger partial charge in [-0.3, -0.25) is 9.59 Å². The first-order valence-corrected chi connectivity index (χ1v) is 14.3. The summed E-state index contributed by atoms with van der Waals surface area (Å²) in [4.78, 5) is 51.0. The lowest BCUT2D eigenvalue weighted by Crippen LogP contribution is -2.70. The van der Waals surface area contributed by atoms with Crippen LogP contribution in [0.1, 0.15) is 73.1 Å². The molecule has 4 rings (SSSR count). The van der Waals surface area contributed by atoms with E-state index in [1.54, 1.807) is 33.8 Å². The smallest absolute Gasteiger partial charge is 0.435 e. The van der Waals surface area contributed by atoms with Crippen molar-refractivity contribution in [2.24, 2.45) is 28.6 Å². The molecule has 4 aliphatic carbocycles. The highest BCUT2D eigenvalue weighted by Gasteiger charge is 2.77. The summed E-state index contributed by atoms with van der Waals surface area (Å²) in [6, 6.07) is 0. The molecule has 3 fully saturated rings. The minimum absolute atomic E-state index is 0.00917. The zero-order valence-electron chi connectivity index (χ0n) is 24.0. The summed E-state index contributed by atoms with van der Waals surface area (Å²) in [7, 11) is 0. The van der Waals surface area contributed by atoms with Crippen molar-refractivity contribution < 1.29 is 47.6 Å². The summed E-state index contributed by atoms with van der Waals surface area (Å²) in [5, 5.41) is 11.6. The molecule has 0 aromatic heterocycles. The zero-order valence-corrected chi connectivity index (χ0v) is 24.0. The Bertz CT molecular complexity index is 1120. The maximum Gasteiger partial charge on any atom is 0.509 e. The number of ketones is 2. The van der Waals surface area contributed by atoms with Crippen LogP contribution in [0.25, 0.3) is 0 Å². The van der Waals surface area contributed by atoms with Crippen LogP contribution in [-0.4, -0.2) is 66.2 Å². The van der Waals surface area contributed by atoms with Gasteiger partial charge >= 0.3 is 12.3 Å². The van der Waals surface area contributed by atoms with Crippen LogP contribution in [0.5, 0.6) is 0 Å². The average molecular weight is 565 g/mol. The molecule has 4 aliphatic rings. The number of aliphatic hydroxyl groups excluding tert-OH is 1. The van der Waals surface area contributed by atoms with E-state index in [9.17, 15) is 24.3 Å². The number of hydrogen-bond donors (Lipinski definition) is 1. The van der Waals surface area contributed by atoms with Gasteiger partial charge in [-0.15, -0.1) is 0 Å². The number of Topliss-reactive ketones (excluding diaryl/α,β-unsaturated/α-hetero) is 1. The fourth-order valence-corrected chi connectivity index (χ4v) is 8.25. The minimum Gasteiger partial charge on any atom is -0.435 e. The van der Waals surface area contributed by atoms with E-state index in [0.29, 0.717) is 31.3 Å². The summed E-state index contributed by atoms with van der Waals surface area (Å²) in [6.07, 6.45) is 3.18. The number of carbonyl (C=O) groups excluding carboxylic acids is 4. The Balaban J connectivity index is 1.71. The monoisotopic (exact) mass is 564 g/mol. The Morgan fingerprint density at radius 3 is 2.50 bits per heavy atom. The lowest BCUT2D eigenvalue weighted by molar-refractivity contribution is -0.222. The van der Waals surface area contributed by atoms with Crippen molar-refractivity contribution in [3.63, 3.8) is 0 Å². The Labute approximate surface area is 234 Å². The second-order valence-corrected chi connectivity index (χ2v) is 12.1. The van der Waals surface area contributed by atoms with Crippen LogP contribution in [0.3, 0.4) is 0 Å². The van der Waals surface area contributed by atoms with E-state index in [4.69, 9.17) is 18.9 Å². The van der Waals surface area contributed by atoms with Crippen LogP contribution in [0.4, 0.5) is 14.0 Å². The van der Waals surface area contributed by atoms with E-state index in [2.05, 4.69) is 0 Å². The molecular formula is C30H41FO9. The van der Waals surface area contributed by atoms with Gasteiger partial charge in [0, 0.05) is 22.7 Å². The number of alkyl halides is 1. The first-order valence-electron chi connectivity index (χ1n) is 14.3. The Morgan fingerprint density at radius 1 is 1.10 bits per heavy atom. The van der Waals surface area contributed by atoms with Gasteiger partial charge in [-0.1, -0.05) is 38.8 Å². The molecule has 0 spiro atoms. The maximum atomic E-state index is 17.5. The maximum absolute atomic E-state index is 17.5. The lowest BCUT2D eigenvalue weighted by Gasteiger charge is -2.62. The molecule has 0 unspecified atom stereocenters. The Hall–Kier alpha value is -2.75. The average Bonchev–Trinajstić information content (AvgIpc) is 3.11. The van der Waals surface area contributed by atoms with Gasteiger partial charge in [-0.05, 0) is 64.0 Å². The Kier molecular flexibility index (Phi) is 8.24. The SMILES string of the molecule is CCCCOC(=O)OCC(=O)[C@@]1(OC(=O)OCC)[C@H](C)C[C@H]2[C@@H]3CCC4=CC(=O)C=C[C@]4(C)[C@@]3(F)[C@@H](O)C[C@@]21C. The highest BCUT2D eigenvalue weighted by molar-refractivity contribution is 6.01. The number of rotatable bonds is 8. The molecular weight excluding hydrogens is 523 g/mol. The van der Waals surface area contributed by atoms with Gasteiger partial charge in [-0.25, -0.2) is 14.0 Å². The van der Waals surface area contributed by atoms with Gasteiger partial charge < -0.3 is 24.1 Å². The van der Waals surface area contributed by atoms with E-state index < -0.39 is 70.7 Å². The third-order valence-electron chi connectivity index (χ3n) is 10.1. The van der Waals surface area contributed by atoms with Gasteiger partial charge in [0.1, 0.15) is 0 Å². The summed E-state index contributed by atoms with van der Waals surface area (Å²) in [6.45, 7) is 8.19. The quantitative estimate of drug-likeness (QED) is 0.319. The molecule has 1 N–H and O–H groups in total.